The number of aromatic nitrogens is 3. The van der Waals surface area contributed by atoms with E-state index in [0.717, 1.165) is 64.5 Å². The maximum atomic E-state index is 13.4. The van der Waals surface area contributed by atoms with Gasteiger partial charge in [-0.05, 0) is 47.2 Å². The summed E-state index contributed by atoms with van der Waals surface area (Å²) in [5, 5.41) is 12.1. The molecule has 40 heavy (non-hydrogen) atoms. The highest BCUT2D eigenvalue weighted by Gasteiger charge is 2.26. The number of fused-ring (bicyclic) bond motifs is 2. The molecule has 7 rings (SSSR count). The Labute approximate surface area is 234 Å². The lowest BCUT2D eigenvalue weighted by atomic mass is 9.97. The average molecular weight is 548 g/mol. The van der Waals surface area contributed by atoms with Crippen molar-refractivity contribution in [1.82, 2.24) is 10.3 Å². The van der Waals surface area contributed by atoms with Gasteiger partial charge in [0.25, 0.3) is 12.1 Å². The number of nitrogens with one attached hydrogen (secondary N) is 1. The lowest BCUT2D eigenvalue weighted by Crippen LogP contribution is -2.60. The number of nitrogens with zero attached hydrogens (tertiary/aromatic N) is 4. The third-order valence-electron chi connectivity index (χ3n) is 7.37. The second kappa shape index (κ2) is 10.1. The van der Waals surface area contributed by atoms with Gasteiger partial charge in [0.1, 0.15) is 9.71 Å². The standard InChI is InChI=1S/C31H26N6O2S/c32-28-27-24(21-10-3-1-4-11-21)18-25(23-15-9-13-20-12-5-6-14-22(20)23)33-31(27)40-29(28)30(38)34-26-19-37(35-39-26)36-16-7-2-8-17-36/h1,3-6,9-15,18-19H,2,7-8,16-17H2,(H2-,32,34,35,38)/p+1. The van der Waals surface area contributed by atoms with E-state index in [1.54, 1.807) is 11.0 Å². The molecule has 9 heteroatoms. The van der Waals surface area contributed by atoms with E-state index in [4.69, 9.17) is 15.2 Å². The number of amides is 1. The summed E-state index contributed by atoms with van der Waals surface area (Å²) in [6.07, 6.45) is 5.12. The lowest BCUT2D eigenvalue weighted by Gasteiger charge is -2.17. The van der Waals surface area contributed by atoms with Crippen LogP contribution in [0.3, 0.4) is 0 Å². The molecule has 198 valence electrons. The highest BCUT2D eigenvalue weighted by atomic mass is 32.1. The normalized spacial score (nSPS) is 13.7. The second-order valence-electron chi connectivity index (χ2n) is 9.93. The molecular weight excluding hydrogens is 520 g/mol. The highest BCUT2D eigenvalue weighted by Crippen LogP contribution is 2.42. The molecule has 3 aromatic heterocycles. The van der Waals surface area contributed by atoms with Gasteiger partial charge in [0, 0.05) is 10.9 Å². The summed E-state index contributed by atoms with van der Waals surface area (Å²) in [7, 11) is 0. The van der Waals surface area contributed by atoms with Gasteiger partial charge in [-0.3, -0.25) is 14.6 Å². The van der Waals surface area contributed by atoms with Crippen molar-refractivity contribution in [3.8, 4) is 22.4 Å². The number of thiophene rings is 1. The number of rotatable bonds is 5. The van der Waals surface area contributed by atoms with E-state index in [1.165, 1.54) is 17.8 Å². The van der Waals surface area contributed by atoms with E-state index >= 15 is 0 Å². The van der Waals surface area contributed by atoms with Crippen LogP contribution >= 0.6 is 11.3 Å². The first-order valence-corrected chi connectivity index (χ1v) is 14.2. The zero-order valence-corrected chi connectivity index (χ0v) is 22.5. The smallest absolute Gasteiger partial charge is 0.306 e. The van der Waals surface area contributed by atoms with Crippen molar-refractivity contribution in [2.45, 2.75) is 19.3 Å². The fourth-order valence-corrected chi connectivity index (χ4v) is 6.41. The van der Waals surface area contributed by atoms with Crippen LogP contribution in [-0.4, -0.2) is 29.3 Å². The number of carbonyl (C=O) groups excluding carboxylic acids is 1. The molecule has 0 radical (unpaired) electrons. The number of anilines is 2. The van der Waals surface area contributed by atoms with Crippen molar-refractivity contribution >= 4 is 49.8 Å². The van der Waals surface area contributed by atoms with Crippen molar-refractivity contribution in [2.24, 2.45) is 0 Å². The third-order valence-corrected chi connectivity index (χ3v) is 8.47. The fraction of sp³-hybridized carbons (Fsp3) is 0.161. The molecule has 1 amide bonds. The molecule has 0 unspecified atom stereocenters. The second-order valence-corrected chi connectivity index (χ2v) is 10.9. The molecule has 1 aliphatic heterocycles. The van der Waals surface area contributed by atoms with Crippen LogP contribution in [0.15, 0.2) is 89.6 Å². The molecule has 1 fully saturated rings. The molecule has 4 heterocycles. The van der Waals surface area contributed by atoms with Gasteiger partial charge in [0.2, 0.25) is 5.27 Å². The molecule has 3 N–H and O–H groups in total. The van der Waals surface area contributed by atoms with Crippen molar-refractivity contribution < 1.29 is 14.1 Å². The number of nitrogens with two attached hydrogens (primary N) is 1. The fourth-order valence-electron chi connectivity index (χ4n) is 5.40. The van der Waals surface area contributed by atoms with Crippen LogP contribution in [0.5, 0.6) is 0 Å². The molecule has 8 nitrogen and oxygen atoms in total. The molecular formula is C31H27N6O2S+. The highest BCUT2D eigenvalue weighted by molar-refractivity contribution is 7.21. The monoisotopic (exact) mass is 547 g/mol. The minimum absolute atomic E-state index is 0.264. The SMILES string of the molecule is Nc1c(C(=O)Nc2c[n+](N3CCCCC3)no2)sc2nc(-c3cccc4ccccc34)cc(-c3ccccc3)c12. The van der Waals surface area contributed by atoms with Gasteiger partial charge in [0.05, 0.1) is 29.3 Å². The Hall–Kier alpha value is -4.76. The number of piperidine rings is 1. The predicted octanol–water partition coefficient (Wildman–Crippen LogP) is 6.02. The van der Waals surface area contributed by atoms with E-state index in [-0.39, 0.29) is 11.8 Å². The topological polar surface area (TPSA) is 101 Å². The number of nitrogen functional groups attached to an aromatic ring is 1. The largest absolute Gasteiger partial charge is 0.397 e. The molecule has 0 saturated carbocycles. The maximum absolute atomic E-state index is 13.4. The van der Waals surface area contributed by atoms with E-state index < -0.39 is 0 Å². The molecule has 0 aliphatic carbocycles. The van der Waals surface area contributed by atoms with Gasteiger partial charge >= 0.3 is 5.88 Å². The lowest BCUT2D eigenvalue weighted by molar-refractivity contribution is -0.759. The molecule has 3 aromatic carbocycles. The first-order valence-electron chi connectivity index (χ1n) is 13.4. The average Bonchev–Trinajstić information content (AvgIpc) is 3.61. The number of hydrogen-bond donors (Lipinski definition) is 2. The van der Waals surface area contributed by atoms with Gasteiger partial charge in [-0.15, -0.1) is 11.3 Å². The number of hydrogen-bond acceptors (Lipinski definition) is 7. The quantitative estimate of drug-likeness (QED) is 0.256. The van der Waals surface area contributed by atoms with E-state index in [0.29, 0.717) is 15.4 Å². The Balaban J connectivity index is 1.31. The van der Waals surface area contributed by atoms with Crippen molar-refractivity contribution in [1.29, 1.82) is 0 Å². The van der Waals surface area contributed by atoms with Crippen LogP contribution in [0.4, 0.5) is 11.6 Å². The summed E-state index contributed by atoms with van der Waals surface area (Å²) < 4.78 is 5.42. The molecule has 1 saturated heterocycles. The molecule has 0 atom stereocenters. The first kappa shape index (κ1) is 24.3. The van der Waals surface area contributed by atoms with E-state index in [1.807, 2.05) is 48.5 Å². The summed E-state index contributed by atoms with van der Waals surface area (Å²) in [4.78, 5) is 21.2. The molecule has 0 bridgehead atoms. The Morgan fingerprint density at radius 1 is 0.950 bits per heavy atom. The van der Waals surface area contributed by atoms with Crippen molar-refractivity contribution in [3.63, 3.8) is 0 Å². The van der Waals surface area contributed by atoms with Crippen LogP contribution < -0.4 is 20.9 Å². The Kier molecular flexibility index (Phi) is 6.13. The molecule has 6 aromatic rings. The third kappa shape index (κ3) is 4.34. The van der Waals surface area contributed by atoms with Gasteiger partial charge < -0.3 is 5.73 Å². The zero-order chi connectivity index (χ0) is 27.1. The van der Waals surface area contributed by atoms with Crippen LogP contribution in [-0.2, 0) is 0 Å². The van der Waals surface area contributed by atoms with Gasteiger partial charge in [-0.1, -0.05) is 72.8 Å². The van der Waals surface area contributed by atoms with Crippen LogP contribution in [0.2, 0.25) is 0 Å². The minimum atomic E-state index is -0.354. The zero-order valence-electron chi connectivity index (χ0n) is 21.7. The van der Waals surface area contributed by atoms with Crippen LogP contribution in [0, 0.1) is 0 Å². The first-order chi connectivity index (χ1) is 19.7. The van der Waals surface area contributed by atoms with Crippen molar-refractivity contribution in [3.05, 3.63) is 89.9 Å². The molecule has 1 aliphatic rings. The molecule has 0 spiro atoms. The summed E-state index contributed by atoms with van der Waals surface area (Å²) in [5.41, 5.74) is 10.9. The van der Waals surface area contributed by atoms with Crippen LogP contribution in [0.25, 0.3) is 43.4 Å². The van der Waals surface area contributed by atoms with Crippen molar-refractivity contribution in [2.75, 3.05) is 29.1 Å². The minimum Gasteiger partial charge on any atom is -0.397 e. The summed E-state index contributed by atoms with van der Waals surface area (Å²) in [6.45, 7) is 1.81. The van der Waals surface area contributed by atoms with E-state index in [9.17, 15) is 4.79 Å². The summed E-state index contributed by atoms with van der Waals surface area (Å²) >= 11 is 1.28. The number of benzene rings is 3. The summed E-state index contributed by atoms with van der Waals surface area (Å²) in [6, 6.07) is 26.6. The Morgan fingerprint density at radius 3 is 2.58 bits per heavy atom. The summed E-state index contributed by atoms with van der Waals surface area (Å²) in [5.74, 6) is -0.0896. The van der Waals surface area contributed by atoms with E-state index in [2.05, 4.69) is 45.9 Å². The Morgan fingerprint density at radius 2 is 1.73 bits per heavy atom. The van der Waals surface area contributed by atoms with Gasteiger partial charge in [-0.2, -0.15) is 5.01 Å². The van der Waals surface area contributed by atoms with Gasteiger partial charge in [-0.25, -0.2) is 4.98 Å². The number of carbonyl (C=O) groups is 1. The van der Waals surface area contributed by atoms with Crippen LogP contribution in [0.1, 0.15) is 28.9 Å². The maximum Gasteiger partial charge on any atom is 0.306 e. The number of pyridine rings is 1. The van der Waals surface area contributed by atoms with Gasteiger partial charge in [0.15, 0.2) is 0 Å². The Bertz CT molecular complexity index is 1850. The predicted molar refractivity (Wildman–Crippen MR) is 159 cm³/mol.